The quantitative estimate of drug-likeness (QED) is 0.933. The number of rotatable bonds is 3. The first kappa shape index (κ1) is 14.9. The van der Waals surface area contributed by atoms with Gasteiger partial charge in [0.1, 0.15) is 0 Å². The summed E-state index contributed by atoms with van der Waals surface area (Å²) in [6.45, 7) is 1.89. The van der Waals surface area contributed by atoms with Crippen molar-refractivity contribution in [2.24, 2.45) is 5.73 Å². The molecule has 7 heteroatoms. The van der Waals surface area contributed by atoms with Gasteiger partial charge < -0.3 is 10.3 Å². The Morgan fingerprint density at radius 3 is 2.70 bits per heavy atom. The van der Waals surface area contributed by atoms with E-state index in [1.807, 2.05) is 6.92 Å². The maximum atomic E-state index is 12.9. The first-order chi connectivity index (χ1) is 9.34. The summed E-state index contributed by atoms with van der Waals surface area (Å²) in [5.74, 6) is 0. The number of alkyl halides is 3. The van der Waals surface area contributed by atoms with Crippen LogP contribution < -0.4 is 5.73 Å². The van der Waals surface area contributed by atoms with E-state index in [-0.39, 0.29) is 11.1 Å². The van der Waals surface area contributed by atoms with Gasteiger partial charge in [0.05, 0.1) is 28.8 Å². The van der Waals surface area contributed by atoms with Crippen molar-refractivity contribution in [2.75, 3.05) is 0 Å². The lowest BCUT2D eigenvalue weighted by atomic mass is 10.1. The molecule has 0 amide bonds. The highest BCUT2D eigenvalue weighted by Crippen LogP contribution is 2.36. The van der Waals surface area contributed by atoms with E-state index in [9.17, 15) is 13.2 Å². The summed E-state index contributed by atoms with van der Waals surface area (Å²) >= 11 is 5.60. The Hall–Kier alpha value is -1.53. The Balaban J connectivity index is 2.52. The molecule has 0 aliphatic rings. The van der Waals surface area contributed by atoms with Gasteiger partial charge in [0.15, 0.2) is 0 Å². The summed E-state index contributed by atoms with van der Waals surface area (Å²) in [6.07, 6.45) is -0.851. The zero-order chi connectivity index (χ0) is 14.9. The largest absolute Gasteiger partial charge is 0.417 e. The van der Waals surface area contributed by atoms with E-state index >= 15 is 0 Å². The highest BCUT2D eigenvalue weighted by Gasteiger charge is 2.33. The minimum absolute atomic E-state index is 0.289. The van der Waals surface area contributed by atoms with Gasteiger partial charge in [-0.15, -0.1) is 0 Å². The molecule has 1 aromatic carbocycles. The number of hydrogen-bond acceptors (Lipinski definition) is 2. The van der Waals surface area contributed by atoms with Crippen LogP contribution in [0.15, 0.2) is 30.7 Å². The number of halogens is 4. The van der Waals surface area contributed by atoms with E-state index in [0.29, 0.717) is 17.8 Å². The Morgan fingerprint density at radius 1 is 1.40 bits per heavy atom. The lowest BCUT2D eigenvalue weighted by molar-refractivity contribution is -0.137. The Bertz CT molecular complexity index is 607. The second kappa shape index (κ2) is 5.46. The van der Waals surface area contributed by atoms with Gasteiger partial charge in [0.2, 0.25) is 0 Å². The fourth-order valence-corrected chi connectivity index (χ4v) is 2.11. The molecule has 2 aromatic rings. The smallest absolute Gasteiger partial charge is 0.323 e. The van der Waals surface area contributed by atoms with Gasteiger partial charge in [-0.1, -0.05) is 18.5 Å². The predicted molar refractivity (Wildman–Crippen MR) is 70.8 cm³/mol. The minimum atomic E-state index is -4.50. The van der Waals surface area contributed by atoms with Crippen LogP contribution in [0.5, 0.6) is 0 Å². The van der Waals surface area contributed by atoms with Crippen molar-refractivity contribution in [1.82, 2.24) is 9.55 Å². The molecule has 108 valence electrons. The normalized spacial score (nSPS) is 13.5. The van der Waals surface area contributed by atoms with Crippen LogP contribution in [0.2, 0.25) is 5.02 Å². The van der Waals surface area contributed by atoms with E-state index in [2.05, 4.69) is 4.98 Å². The van der Waals surface area contributed by atoms with Gasteiger partial charge in [-0.25, -0.2) is 4.98 Å². The van der Waals surface area contributed by atoms with Crippen LogP contribution in [-0.4, -0.2) is 9.55 Å². The van der Waals surface area contributed by atoms with Crippen molar-refractivity contribution in [3.63, 3.8) is 0 Å². The monoisotopic (exact) mass is 303 g/mol. The highest BCUT2D eigenvalue weighted by atomic mass is 35.5. The Labute approximate surface area is 119 Å². The van der Waals surface area contributed by atoms with Crippen molar-refractivity contribution in [1.29, 1.82) is 0 Å². The third-order valence-corrected chi connectivity index (χ3v) is 3.35. The fraction of sp³-hybridized carbons (Fsp3) is 0.308. The number of imidazole rings is 1. The topological polar surface area (TPSA) is 43.8 Å². The SMILES string of the molecule is CC[C@@H](N)c1cncn1-c1ccc(Cl)c(C(F)(F)F)c1. The number of nitrogens with zero attached hydrogens (tertiary/aromatic N) is 2. The van der Waals surface area contributed by atoms with Gasteiger partial charge >= 0.3 is 6.18 Å². The van der Waals surface area contributed by atoms with Crippen molar-refractivity contribution in [3.05, 3.63) is 47.0 Å². The van der Waals surface area contributed by atoms with Crippen LogP contribution in [0.4, 0.5) is 13.2 Å². The van der Waals surface area contributed by atoms with E-state index in [1.54, 1.807) is 10.8 Å². The average Bonchev–Trinajstić information content (AvgIpc) is 2.86. The molecule has 0 saturated heterocycles. The van der Waals surface area contributed by atoms with E-state index in [4.69, 9.17) is 17.3 Å². The molecule has 2 rings (SSSR count). The molecule has 0 aliphatic heterocycles. The molecule has 0 radical (unpaired) electrons. The van der Waals surface area contributed by atoms with Crippen LogP contribution in [0.3, 0.4) is 0 Å². The van der Waals surface area contributed by atoms with Crippen LogP contribution in [0, 0.1) is 0 Å². The molecule has 3 nitrogen and oxygen atoms in total. The molecule has 0 fully saturated rings. The number of aromatic nitrogens is 2. The van der Waals surface area contributed by atoms with Crippen molar-refractivity contribution >= 4 is 11.6 Å². The maximum absolute atomic E-state index is 12.9. The molecule has 0 spiro atoms. The molecule has 20 heavy (non-hydrogen) atoms. The van der Waals surface area contributed by atoms with Crippen LogP contribution in [0.1, 0.15) is 30.6 Å². The summed E-state index contributed by atoms with van der Waals surface area (Å²) in [4.78, 5) is 3.95. The zero-order valence-corrected chi connectivity index (χ0v) is 11.4. The van der Waals surface area contributed by atoms with Crippen LogP contribution >= 0.6 is 11.6 Å². The van der Waals surface area contributed by atoms with Gasteiger partial charge in [-0.05, 0) is 24.6 Å². The third kappa shape index (κ3) is 2.81. The second-order valence-corrected chi connectivity index (χ2v) is 4.77. The molecular formula is C13H13ClF3N3. The summed E-state index contributed by atoms with van der Waals surface area (Å²) in [5, 5.41) is -0.331. The highest BCUT2D eigenvalue weighted by molar-refractivity contribution is 6.31. The molecule has 0 saturated carbocycles. The van der Waals surface area contributed by atoms with Crippen LogP contribution in [0.25, 0.3) is 5.69 Å². The number of hydrogen-bond donors (Lipinski definition) is 1. The molecule has 1 heterocycles. The standard InChI is InChI=1S/C13H13ClF3N3/c1-2-11(18)12-6-19-7-20(12)8-3-4-10(14)9(5-8)13(15,16)17/h3-7,11H,2,18H2,1H3/t11-/m1/s1. The molecule has 1 aromatic heterocycles. The summed E-state index contributed by atoms with van der Waals surface area (Å²) < 4.78 is 40.1. The average molecular weight is 304 g/mol. The molecule has 1 atom stereocenters. The molecular weight excluding hydrogens is 291 g/mol. The lowest BCUT2D eigenvalue weighted by Crippen LogP contribution is -2.14. The van der Waals surface area contributed by atoms with E-state index in [1.165, 1.54) is 18.5 Å². The van der Waals surface area contributed by atoms with Crippen molar-refractivity contribution in [3.8, 4) is 5.69 Å². The van der Waals surface area contributed by atoms with Gasteiger partial charge in [-0.2, -0.15) is 13.2 Å². The summed E-state index contributed by atoms with van der Waals surface area (Å²) in [6, 6.07) is 3.43. The molecule has 2 N–H and O–H groups in total. The van der Waals surface area contributed by atoms with Crippen LogP contribution in [-0.2, 0) is 6.18 Å². The van der Waals surface area contributed by atoms with E-state index in [0.717, 1.165) is 6.07 Å². The van der Waals surface area contributed by atoms with Crippen molar-refractivity contribution in [2.45, 2.75) is 25.6 Å². The Morgan fingerprint density at radius 2 is 2.10 bits per heavy atom. The second-order valence-electron chi connectivity index (χ2n) is 4.37. The van der Waals surface area contributed by atoms with E-state index < -0.39 is 11.7 Å². The molecule has 0 aliphatic carbocycles. The lowest BCUT2D eigenvalue weighted by Gasteiger charge is -2.15. The van der Waals surface area contributed by atoms with Gasteiger partial charge in [0, 0.05) is 11.7 Å². The van der Waals surface area contributed by atoms with Gasteiger partial charge in [-0.3, -0.25) is 0 Å². The third-order valence-electron chi connectivity index (χ3n) is 3.02. The minimum Gasteiger partial charge on any atom is -0.323 e. The van der Waals surface area contributed by atoms with Crippen molar-refractivity contribution < 1.29 is 13.2 Å². The molecule has 0 unspecified atom stereocenters. The first-order valence-corrected chi connectivity index (χ1v) is 6.37. The fourth-order valence-electron chi connectivity index (χ4n) is 1.88. The zero-order valence-electron chi connectivity index (χ0n) is 10.7. The first-order valence-electron chi connectivity index (χ1n) is 5.99. The summed E-state index contributed by atoms with van der Waals surface area (Å²) in [5.41, 5.74) is 6.03. The summed E-state index contributed by atoms with van der Waals surface area (Å²) in [7, 11) is 0. The molecule has 0 bridgehead atoms. The predicted octanol–water partition coefficient (Wildman–Crippen LogP) is 3.95. The number of benzene rings is 1. The Kier molecular flexibility index (Phi) is 4.06. The maximum Gasteiger partial charge on any atom is 0.417 e. The van der Waals surface area contributed by atoms with Gasteiger partial charge in [0.25, 0.3) is 0 Å². The number of nitrogens with two attached hydrogens (primary N) is 1.